The Morgan fingerprint density at radius 1 is 1.12 bits per heavy atom. The molecule has 2 aromatic carbocycles. The SMILES string of the molecule is CNC(=O)C(C)N(Cc1c(Cl)cccc1Cl)C(=O)CN(c1cc(Cl)ccc1OC)S(C)(=O)=O. The Bertz CT molecular complexity index is 1120. The topological polar surface area (TPSA) is 96.0 Å². The molecule has 33 heavy (non-hydrogen) atoms. The third-order valence-corrected chi connectivity index (χ3v) is 6.96. The summed E-state index contributed by atoms with van der Waals surface area (Å²) in [4.78, 5) is 27.0. The molecule has 0 aliphatic rings. The minimum absolute atomic E-state index is 0.0872. The number of hydrogen-bond acceptors (Lipinski definition) is 5. The number of benzene rings is 2. The van der Waals surface area contributed by atoms with Gasteiger partial charge in [-0.15, -0.1) is 0 Å². The summed E-state index contributed by atoms with van der Waals surface area (Å²) in [7, 11) is -1.14. The van der Waals surface area contributed by atoms with E-state index in [-0.39, 0.29) is 23.0 Å². The van der Waals surface area contributed by atoms with Crippen molar-refractivity contribution >= 4 is 62.3 Å². The zero-order valence-electron chi connectivity index (χ0n) is 18.4. The monoisotopic (exact) mass is 535 g/mol. The van der Waals surface area contributed by atoms with E-state index < -0.39 is 34.4 Å². The van der Waals surface area contributed by atoms with Gasteiger partial charge in [-0.25, -0.2) is 8.42 Å². The van der Waals surface area contributed by atoms with Crippen LogP contribution >= 0.6 is 34.8 Å². The Hall–Kier alpha value is -2.20. The van der Waals surface area contributed by atoms with Gasteiger partial charge in [-0.2, -0.15) is 0 Å². The summed E-state index contributed by atoms with van der Waals surface area (Å²) in [6.07, 6.45) is 0.956. The third-order valence-electron chi connectivity index (χ3n) is 4.89. The van der Waals surface area contributed by atoms with Crippen molar-refractivity contribution in [2.24, 2.45) is 0 Å². The van der Waals surface area contributed by atoms with Crippen molar-refractivity contribution in [2.45, 2.75) is 19.5 Å². The van der Waals surface area contributed by atoms with Crippen molar-refractivity contribution < 1.29 is 22.7 Å². The maximum Gasteiger partial charge on any atom is 0.244 e. The first kappa shape index (κ1) is 27.0. The number of carbonyl (C=O) groups is 2. The highest BCUT2D eigenvalue weighted by Crippen LogP contribution is 2.33. The zero-order valence-corrected chi connectivity index (χ0v) is 21.5. The number of hydrogen-bond donors (Lipinski definition) is 1. The van der Waals surface area contributed by atoms with Gasteiger partial charge in [0, 0.05) is 34.2 Å². The molecule has 0 bridgehead atoms. The van der Waals surface area contributed by atoms with Crippen LogP contribution in [-0.2, 0) is 26.2 Å². The van der Waals surface area contributed by atoms with Crippen molar-refractivity contribution in [3.63, 3.8) is 0 Å². The van der Waals surface area contributed by atoms with Gasteiger partial charge in [0.25, 0.3) is 0 Å². The maximum absolute atomic E-state index is 13.4. The van der Waals surface area contributed by atoms with Crippen molar-refractivity contribution in [2.75, 3.05) is 31.3 Å². The van der Waals surface area contributed by atoms with Crippen molar-refractivity contribution in [3.05, 3.63) is 57.0 Å². The zero-order chi connectivity index (χ0) is 24.9. The van der Waals surface area contributed by atoms with Gasteiger partial charge in [0.05, 0.1) is 19.1 Å². The summed E-state index contributed by atoms with van der Waals surface area (Å²) in [5.74, 6) is -0.898. The Labute approximate surface area is 208 Å². The highest BCUT2D eigenvalue weighted by Gasteiger charge is 2.31. The molecule has 0 heterocycles. The molecule has 180 valence electrons. The van der Waals surface area contributed by atoms with Gasteiger partial charge < -0.3 is 15.0 Å². The number of ether oxygens (including phenoxy) is 1. The normalized spacial score (nSPS) is 12.1. The number of amides is 2. The molecular formula is C21H24Cl3N3O5S. The van der Waals surface area contributed by atoms with E-state index in [4.69, 9.17) is 39.5 Å². The van der Waals surface area contributed by atoms with E-state index in [9.17, 15) is 18.0 Å². The second-order valence-corrected chi connectivity index (χ2v) is 10.3. The van der Waals surface area contributed by atoms with Gasteiger partial charge in [0.2, 0.25) is 21.8 Å². The van der Waals surface area contributed by atoms with Gasteiger partial charge in [0.1, 0.15) is 18.3 Å². The molecule has 0 aromatic heterocycles. The van der Waals surface area contributed by atoms with Crippen LogP contribution in [0.5, 0.6) is 5.75 Å². The van der Waals surface area contributed by atoms with E-state index in [0.717, 1.165) is 10.6 Å². The van der Waals surface area contributed by atoms with Gasteiger partial charge in [-0.1, -0.05) is 40.9 Å². The fraction of sp³-hybridized carbons (Fsp3) is 0.333. The summed E-state index contributed by atoms with van der Waals surface area (Å²) in [6.45, 7) is 0.793. The summed E-state index contributed by atoms with van der Waals surface area (Å²) in [5.41, 5.74) is 0.514. The molecule has 0 saturated heterocycles. The lowest BCUT2D eigenvalue weighted by Gasteiger charge is -2.32. The Kier molecular flexibility index (Phi) is 9.25. The van der Waals surface area contributed by atoms with Crippen molar-refractivity contribution in [1.82, 2.24) is 10.2 Å². The molecular weight excluding hydrogens is 513 g/mol. The first-order valence-corrected chi connectivity index (χ1v) is 12.6. The smallest absolute Gasteiger partial charge is 0.244 e. The first-order chi connectivity index (χ1) is 15.4. The standard InChI is InChI=1S/C21H24Cl3N3O5S/c1-13(21(29)25-2)26(11-15-16(23)6-5-7-17(15)24)20(28)12-27(33(4,30)31)18-10-14(22)8-9-19(18)32-3/h5-10,13H,11-12H2,1-4H3,(H,25,29). The average Bonchev–Trinajstić information content (AvgIpc) is 2.75. The summed E-state index contributed by atoms with van der Waals surface area (Å²) in [5, 5.41) is 3.36. The van der Waals surface area contributed by atoms with Crippen LogP contribution in [0.15, 0.2) is 36.4 Å². The van der Waals surface area contributed by atoms with Gasteiger partial charge in [-0.3, -0.25) is 13.9 Å². The molecule has 0 saturated carbocycles. The highest BCUT2D eigenvalue weighted by molar-refractivity contribution is 7.92. The minimum Gasteiger partial charge on any atom is -0.495 e. The fourth-order valence-corrected chi connectivity index (χ4v) is 4.63. The minimum atomic E-state index is -3.94. The van der Waals surface area contributed by atoms with Crippen molar-refractivity contribution in [3.8, 4) is 5.75 Å². The lowest BCUT2D eigenvalue weighted by atomic mass is 10.1. The van der Waals surface area contributed by atoms with E-state index in [1.54, 1.807) is 18.2 Å². The number of likely N-dealkylation sites (N-methyl/N-ethyl adjacent to an activating group) is 1. The molecule has 1 N–H and O–H groups in total. The van der Waals surface area contributed by atoms with Crippen LogP contribution in [0.3, 0.4) is 0 Å². The molecule has 0 spiro atoms. The van der Waals surface area contributed by atoms with E-state index in [1.165, 1.54) is 44.2 Å². The molecule has 0 aliphatic carbocycles. The second-order valence-electron chi connectivity index (χ2n) is 7.10. The molecule has 1 atom stereocenters. The van der Waals surface area contributed by atoms with Crippen LogP contribution in [0, 0.1) is 0 Å². The van der Waals surface area contributed by atoms with Crippen LogP contribution in [0.2, 0.25) is 15.1 Å². The summed E-state index contributed by atoms with van der Waals surface area (Å²) >= 11 is 18.6. The lowest BCUT2D eigenvalue weighted by molar-refractivity contribution is -0.139. The number of sulfonamides is 1. The molecule has 0 radical (unpaired) electrons. The molecule has 0 fully saturated rings. The van der Waals surface area contributed by atoms with Crippen LogP contribution < -0.4 is 14.4 Å². The molecule has 1 unspecified atom stereocenters. The largest absolute Gasteiger partial charge is 0.495 e. The van der Waals surface area contributed by atoms with Gasteiger partial charge in [0.15, 0.2) is 0 Å². The number of halogens is 3. The van der Waals surface area contributed by atoms with E-state index in [0.29, 0.717) is 15.6 Å². The number of nitrogens with zero attached hydrogens (tertiary/aromatic N) is 2. The molecule has 2 amide bonds. The van der Waals surface area contributed by atoms with E-state index in [2.05, 4.69) is 5.32 Å². The number of carbonyl (C=O) groups excluding carboxylic acids is 2. The average molecular weight is 537 g/mol. The van der Waals surface area contributed by atoms with E-state index >= 15 is 0 Å². The molecule has 2 rings (SSSR count). The first-order valence-electron chi connectivity index (χ1n) is 9.65. The molecule has 8 nitrogen and oxygen atoms in total. The van der Waals surface area contributed by atoms with Crippen LogP contribution in [0.4, 0.5) is 5.69 Å². The van der Waals surface area contributed by atoms with Gasteiger partial charge in [-0.05, 0) is 37.3 Å². The number of nitrogens with one attached hydrogen (secondary N) is 1. The number of anilines is 1. The van der Waals surface area contributed by atoms with Crippen molar-refractivity contribution in [1.29, 1.82) is 0 Å². The van der Waals surface area contributed by atoms with Crippen LogP contribution in [0.1, 0.15) is 12.5 Å². The van der Waals surface area contributed by atoms with Crippen LogP contribution in [-0.4, -0.2) is 58.1 Å². The van der Waals surface area contributed by atoms with Crippen LogP contribution in [0.25, 0.3) is 0 Å². The molecule has 2 aromatic rings. The predicted octanol–water partition coefficient (Wildman–Crippen LogP) is 3.58. The summed E-state index contributed by atoms with van der Waals surface area (Å²) in [6, 6.07) is 8.33. The molecule has 12 heteroatoms. The fourth-order valence-electron chi connectivity index (χ4n) is 3.10. The lowest BCUT2D eigenvalue weighted by Crippen LogP contribution is -2.50. The van der Waals surface area contributed by atoms with E-state index in [1.807, 2.05) is 0 Å². The predicted molar refractivity (Wildman–Crippen MR) is 131 cm³/mol. The highest BCUT2D eigenvalue weighted by atomic mass is 35.5. The third kappa shape index (κ3) is 6.66. The Morgan fingerprint density at radius 3 is 2.24 bits per heavy atom. The second kappa shape index (κ2) is 11.3. The number of methoxy groups -OCH3 is 1. The maximum atomic E-state index is 13.4. The number of rotatable bonds is 9. The Balaban J connectivity index is 2.51. The molecule has 0 aliphatic heterocycles. The van der Waals surface area contributed by atoms with Gasteiger partial charge >= 0.3 is 0 Å². The quantitative estimate of drug-likeness (QED) is 0.528. The summed E-state index contributed by atoms with van der Waals surface area (Å²) < 4.78 is 31.4. The Morgan fingerprint density at radius 2 is 1.73 bits per heavy atom.